The van der Waals surface area contributed by atoms with Crippen molar-refractivity contribution in [1.29, 1.82) is 0 Å². The average Bonchev–Trinajstić information content (AvgIpc) is 3.29. The van der Waals surface area contributed by atoms with Gasteiger partial charge in [0.25, 0.3) is 0 Å². The zero-order valence-electron chi connectivity index (χ0n) is 25.0. The number of allylic oxidation sites excluding steroid dienone is 4. The van der Waals surface area contributed by atoms with Gasteiger partial charge in [-0.1, -0.05) is 116 Å². The molecule has 0 fully saturated rings. The topological polar surface area (TPSA) is 0 Å². The quantitative estimate of drug-likeness (QED) is 0.245. The first-order valence-corrected chi connectivity index (χ1v) is 14.7. The molecule has 0 N–H and O–H groups in total. The summed E-state index contributed by atoms with van der Waals surface area (Å²) in [5, 5.41) is 5.49. The normalized spacial score (nSPS) is 15.1. The average molecular weight is 704 g/mol. The molecule has 3 aromatic rings. The molecule has 0 nitrogen and oxygen atoms in total. The molecule has 0 saturated heterocycles. The molecule has 0 aliphatic heterocycles. The molecule has 1 atom stereocenters. The van der Waals surface area contributed by atoms with Gasteiger partial charge >= 0.3 is 41.0 Å². The van der Waals surface area contributed by atoms with Crippen LogP contribution in [-0.4, -0.2) is 3.26 Å². The van der Waals surface area contributed by atoms with Crippen molar-refractivity contribution in [2.75, 3.05) is 0 Å². The van der Waals surface area contributed by atoms with E-state index in [1.807, 2.05) is 0 Å². The molecule has 0 radical (unpaired) electrons. The van der Waals surface area contributed by atoms with Crippen LogP contribution in [0.15, 0.2) is 60.2 Å². The third-order valence-electron chi connectivity index (χ3n) is 6.24. The smallest absolute Gasteiger partial charge is 1.00 e. The van der Waals surface area contributed by atoms with E-state index in [1.165, 1.54) is 62.1 Å². The van der Waals surface area contributed by atoms with Crippen molar-refractivity contribution < 1.29 is 48.7 Å². The van der Waals surface area contributed by atoms with Crippen LogP contribution in [0.3, 0.4) is 0 Å². The van der Waals surface area contributed by atoms with E-state index in [1.54, 1.807) is 3.26 Å². The van der Waals surface area contributed by atoms with Crippen molar-refractivity contribution in [3.05, 3.63) is 77.4 Å². The monoisotopic (exact) mass is 704 g/mol. The van der Waals surface area contributed by atoms with E-state index in [9.17, 15) is 0 Å². The fraction of sp³-hybridized carbons (Fsp3) is 0.471. The van der Waals surface area contributed by atoms with Crippen LogP contribution in [-0.2, 0) is 34.7 Å². The van der Waals surface area contributed by atoms with Crippen molar-refractivity contribution in [1.82, 2.24) is 0 Å². The molecule has 1 unspecified atom stereocenters. The van der Waals surface area contributed by atoms with Crippen molar-refractivity contribution in [2.45, 2.75) is 93.9 Å². The van der Waals surface area contributed by atoms with Gasteiger partial charge < -0.3 is 24.8 Å². The Morgan fingerprint density at radius 3 is 1.35 bits per heavy atom. The Balaban J connectivity index is 0.000000684. The maximum Gasteiger partial charge on any atom is -1.00 e. The third kappa shape index (κ3) is 10.7. The summed E-state index contributed by atoms with van der Waals surface area (Å²) in [6, 6.07) is 16.1. The molecule has 0 saturated carbocycles. The predicted molar refractivity (Wildman–Crippen MR) is 155 cm³/mol. The van der Waals surface area contributed by atoms with E-state index < -0.39 is 0 Å². The molecule has 0 spiro atoms. The summed E-state index contributed by atoms with van der Waals surface area (Å²) in [6.07, 6.45) is 7.65. The van der Waals surface area contributed by atoms with E-state index in [0.717, 1.165) is 0 Å². The molecule has 0 bridgehead atoms. The molecule has 37 heavy (non-hydrogen) atoms. The number of rotatable bonds is 0. The molecule has 0 amide bonds. The molecular formula is C34H46Cl2Hf-2. The molecule has 3 heteroatoms. The van der Waals surface area contributed by atoms with Gasteiger partial charge in [-0.15, -0.1) is 39.7 Å². The summed E-state index contributed by atoms with van der Waals surface area (Å²) in [7, 11) is 0. The van der Waals surface area contributed by atoms with Gasteiger partial charge in [-0.2, -0.15) is 11.6 Å². The first-order chi connectivity index (χ1) is 15.9. The Bertz CT molecular complexity index is 1160. The summed E-state index contributed by atoms with van der Waals surface area (Å²) in [5.41, 5.74) is 4.92. The summed E-state index contributed by atoms with van der Waals surface area (Å²) in [5.74, 6) is 0.522. The van der Waals surface area contributed by atoms with Crippen LogP contribution in [0, 0.1) is 17.4 Å². The Hall–Kier alpha value is -0.890. The first kappa shape index (κ1) is 36.1. The van der Waals surface area contributed by atoms with Crippen molar-refractivity contribution in [2.24, 2.45) is 11.3 Å². The summed E-state index contributed by atoms with van der Waals surface area (Å²) >= 11 is 1.27. The van der Waals surface area contributed by atoms with Gasteiger partial charge in [0.05, 0.1) is 0 Å². The molecule has 0 heterocycles. The zero-order chi connectivity index (χ0) is 26.8. The minimum Gasteiger partial charge on any atom is -1.00 e. The van der Waals surface area contributed by atoms with Crippen LogP contribution >= 0.6 is 0 Å². The molecule has 0 aromatic heterocycles. The Labute approximate surface area is 254 Å². The minimum absolute atomic E-state index is 0. The van der Waals surface area contributed by atoms with Crippen LogP contribution in [0.5, 0.6) is 0 Å². The molecule has 4 rings (SSSR count). The summed E-state index contributed by atoms with van der Waals surface area (Å²) in [4.78, 5) is 0. The third-order valence-corrected chi connectivity index (χ3v) is 6.24. The van der Waals surface area contributed by atoms with Gasteiger partial charge in [-0.05, 0) is 10.8 Å². The van der Waals surface area contributed by atoms with E-state index in [2.05, 4.69) is 144 Å². The largest absolute Gasteiger partial charge is 1.00 e. The number of fused-ring (bicyclic) bond motifs is 3. The van der Waals surface area contributed by atoms with Crippen molar-refractivity contribution >= 4 is 24.8 Å². The fourth-order valence-electron chi connectivity index (χ4n) is 3.98. The van der Waals surface area contributed by atoms with Crippen LogP contribution < -0.4 is 24.8 Å². The van der Waals surface area contributed by atoms with Gasteiger partial charge in [-0.3, -0.25) is 6.08 Å². The number of hydrogen-bond acceptors (Lipinski definition) is 0. The molecule has 1 aliphatic rings. The minimum atomic E-state index is 0. The van der Waals surface area contributed by atoms with Crippen LogP contribution in [0.2, 0.25) is 0 Å². The van der Waals surface area contributed by atoms with E-state index in [4.69, 9.17) is 0 Å². The van der Waals surface area contributed by atoms with Gasteiger partial charge in [0, 0.05) is 0 Å². The second-order valence-electron chi connectivity index (χ2n) is 13.2. The van der Waals surface area contributed by atoms with Gasteiger partial charge in [0.1, 0.15) is 0 Å². The Morgan fingerprint density at radius 1 is 0.730 bits per heavy atom. The van der Waals surface area contributed by atoms with Gasteiger partial charge in [0.2, 0.25) is 0 Å². The van der Waals surface area contributed by atoms with E-state index >= 15 is 0 Å². The van der Waals surface area contributed by atoms with Crippen molar-refractivity contribution in [3.63, 3.8) is 0 Å². The number of halogens is 2. The summed E-state index contributed by atoms with van der Waals surface area (Å²) in [6.45, 7) is 26.8. The maximum absolute atomic E-state index is 3.26. The Kier molecular flexibility index (Phi) is 13.6. The second kappa shape index (κ2) is 14.0. The second-order valence-corrected chi connectivity index (χ2v) is 16.8. The van der Waals surface area contributed by atoms with E-state index in [0.29, 0.717) is 11.3 Å². The molecule has 202 valence electrons. The fourth-order valence-corrected chi connectivity index (χ4v) is 3.98. The van der Waals surface area contributed by atoms with Gasteiger partial charge in [0.15, 0.2) is 0 Å². The standard InChI is InChI=1S/C21H25.C10H15.C3H6.2ClH.Hf/c1-20(2,3)16-9-7-14-11-15-8-10-17(21(4,5)6)13-19(15)18(14)12-16;1-8-5-6-9(7-8)10(2,3)4;1-3-2;;;/h7-13H,1-6H3;6-8H,1-4H3;1-2H3;2*1H;/q2*-1;;;;+2/p-2. The zero-order valence-corrected chi connectivity index (χ0v) is 30.1. The van der Waals surface area contributed by atoms with Crippen LogP contribution in [0.4, 0.5) is 0 Å². The number of hydrogen-bond donors (Lipinski definition) is 0. The van der Waals surface area contributed by atoms with Crippen molar-refractivity contribution in [3.8, 4) is 0 Å². The SMILES string of the molecule is CC(C)(C)c1ccc2[cH-]c3ccc(C(C)(C)C)cc3c2c1.CC1[C-]=CC(C(C)(C)C)=C1.C[C](C)=[Hf+2].[Cl-].[Cl-]. The number of benzene rings is 2. The molecule has 1 aliphatic carbocycles. The first-order valence-electron chi connectivity index (χ1n) is 12.9. The van der Waals surface area contributed by atoms with Gasteiger partial charge in [-0.25, -0.2) is 6.08 Å². The van der Waals surface area contributed by atoms with Crippen LogP contribution in [0.25, 0.3) is 21.5 Å². The van der Waals surface area contributed by atoms with Crippen LogP contribution in [0.1, 0.15) is 94.2 Å². The summed E-state index contributed by atoms with van der Waals surface area (Å²) < 4.78 is 1.56. The predicted octanol–water partition coefficient (Wildman–Crippen LogP) is 4.03. The maximum atomic E-state index is 3.26. The van der Waals surface area contributed by atoms with E-state index in [-0.39, 0.29) is 35.6 Å². The molecular weight excluding hydrogens is 658 g/mol. The molecule has 3 aromatic carbocycles. The Morgan fingerprint density at radius 2 is 1.11 bits per heavy atom.